The van der Waals surface area contributed by atoms with Crippen LogP contribution in [0.25, 0.3) is 0 Å². The Morgan fingerprint density at radius 1 is 1.05 bits per heavy atom. The Hall–Kier alpha value is -1.49. The van der Waals surface area contributed by atoms with Gasteiger partial charge in [0.25, 0.3) is 0 Å². The number of ketones is 1. The van der Waals surface area contributed by atoms with Gasteiger partial charge in [0, 0.05) is 15.6 Å². The first-order chi connectivity index (χ1) is 10.2. The van der Waals surface area contributed by atoms with Gasteiger partial charge in [-0.3, -0.25) is 4.79 Å². The van der Waals surface area contributed by atoms with Crippen molar-refractivity contribution in [3.05, 3.63) is 69.2 Å². The first-order valence-electron chi connectivity index (χ1n) is 6.31. The molecule has 0 saturated heterocycles. The molecule has 22 heavy (non-hydrogen) atoms. The van der Waals surface area contributed by atoms with Gasteiger partial charge < -0.3 is 5.11 Å². The minimum Gasteiger partial charge on any atom is -0.389 e. The Morgan fingerprint density at radius 3 is 1.95 bits per heavy atom. The van der Waals surface area contributed by atoms with Gasteiger partial charge in [-0.15, -0.1) is 0 Å². The summed E-state index contributed by atoms with van der Waals surface area (Å²) in [5.74, 6) is -1.32. The number of hydrogen-bond donors (Lipinski definition) is 1. The van der Waals surface area contributed by atoms with Crippen LogP contribution in [0.15, 0.2) is 36.4 Å². The van der Waals surface area contributed by atoms with Gasteiger partial charge in [-0.1, -0.05) is 29.3 Å². The van der Waals surface area contributed by atoms with Crippen molar-refractivity contribution < 1.29 is 18.7 Å². The zero-order valence-electron chi connectivity index (χ0n) is 11.9. The Labute approximate surface area is 137 Å². The molecule has 2 nitrogen and oxygen atoms in total. The first kappa shape index (κ1) is 18.6. The Balaban J connectivity index is 0.000000220. The van der Waals surface area contributed by atoms with Crippen LogP contribution in [0.2, 0.25) is 10.0 Å². The highest BCUT2D eigenvalue weighted by molar-refractivity contribution is 6.30. The monoisotopic (exact) mass is 346 g/mol. The SMILES string of the molecule is CC(=O)c1ccc(Cl)cc1F.C[C@@H](O)c1ccc(Cl)cc1F. The quantitative estimate of drug-likeness (QED) is 0.757. The molecule has 0 spiro atoms. The largest absolute Gasteiger partial charge is 0.389 e. The molecule has 2 aromatic rings. The van der Waals surface area contributed by atoms with Gasteiger partial charge in [-0.25, -0.2) is 8.78 Å². The van der Waals surface area contributed by atoms with E-state index in [0.29, 0.717) is 10.0 Å². The average molecular weight is 347 g/mol. The maximum absolute atomic E-state index is 12.9. The maximum Gasteiger partial charge on any atom is 0.162 e. The van der Waals surface area contributed by atoms with Crippen molar-refractivity contribution in [2.75, 3.05) is 0 Å². The minimum absolute atomic E-state index is 0.0781. The van der Waals surface area contributed by atoms with Crippen molar-refractivity contribution >= 4 is 29.0 Å². The van der Waals surface area contributed by atoms with Gasteiger partial charge in [0.2, 0.25) is 0 Å². The van der Waals surface area contributed by atoms with Crippen molar-refractivity contribution in [1.82, 2.24) is 0 Å². The molecule has 118 valence electrons. The van der Waals surface area contributed by atoms with Crippen molar-refractivity contribution in [2.24, 2.45) is 0 Å². The molecule has 2 rings (SSSR count). The highest BCUT2D eigenvalue weighted by atomic mass is 35.5. The third-order valence-corrected chi connectivity index (χ3v) is 3.19. The molecule has 0 heterocycles. The maximum atomic E-state index is 12.9. The number of carbonyl (C=O) groups excluding carboxylic acids is 1. The molecule has 0 bridgehead atoms. The van der Waals surface area contributed by atoms with E-state index in [1.807, 2.05) is 0 Å². The van der Waals surface area contributed by atoms with Crippen LogP contribution in [0, 0.1) is 11.6 Å². The van der Waals surface area contributed by atoms with Gasteiger partial charge in [0.1, 0.15) is 11.6 Å². The number of hydrogen-bond acceptors (Lipinski definition) is 2. The van der Waals surface area contributed by atoms with E-state index in [0.717, 1.165) is 6.07 Å². The molecule has 0 unspecified atom stereocenters. The second kappa shape index (κ2) is 8.22. The number of rotatable bonds is 2. The van der Waals surface area contributed by atoms with E-state index >= 15 is 0 Å². The molecule has 1 N–H and O–H groups in total. The predicted molar refractivity (Wildman–Crippen MR) is 83.5 cm³/mol. The summed E-state index contributed by atoms with van der Waals surface area (Å²) in [4.78, 5) is 10.7. The second-order valence-electron chi connectivity index (χ2n) is 4.52. The van der Waals surface area contributed by atoms with E-state index in [4.69, 9.17) is 28.3 Å². The molecular weight excluding hydrogens is 333 g/mol. The molecule has 0 radical (unpaired) electrons. The smallest absolute Gasteiger partial charge is 0.162 e. The van der Waals surface area contributed by atoms with E-state index in [1.54, 1.807) is 6.07 Å². The molecular formula is C16H14Cl2F2O2. The lowest BCUT2D eigenvalue weighted by atomic mass is 10.1. The van der Waals surface area contributed by atoms with Gasteiger partial charge in [-0.2, -0.15) is 0 Å². The van der Waals surface area contributed by atoms with Crippen LogP contribution in [0.3, 0.4) is 0 Å². The van der Waals surface area contributed by atoms with E-state index in [2.05, 4.69) is 0 Å². The standard InChI is InChI=1S/C8H8ClFO.C8H6ClFO/c2*1-5(11)7-3-2-6(9)4-8(7)10/h2-5,11H,1H3;2-4H,1H3/t5-;/m1./s1. The minimum atomic E-state index is -0.785. The van der Waals surface area contributed by atoms with Crippen molar-refractivity contribution in [1.29, 1.82) is 0 Å². The third-order valence-electron chi connectivity index (χ3n) is 2.72. The first-order valence-corrected chi connectivity index (χ1v) is 7.07. The van der Waals surface area contributed by atoms with Crippen molar-refractivity contribution in [3.63, 3.8) is 0 Å². The number of carbonyl (C=O) groups is 1. The fraction of sp³-hybridized carbons (Fsp3) is 0.188. The van der Waals surface area contributed by atoms with Gasteiger partial charge in [0.05, 0.1) is 11.7 Å². The molecule has 0 aliphatic rings. The molecule has 0 aliphatic heterocycles. The predicted octanol–water partition coefficient (Wildman–Crippen LogP) is 5.21. The number of aliphatic hydroxyl groups is 1. The summed E-state index contributed by atoms with van der Waals surface area (Å²) in [7, 11) is 0. The molecule has 0 amide bonds. The van der Waals surface area contributed by atoms with E-state index < -0.39 is 17.7 Å². The normalized spacial score (nSPS) is 11.4. The van der Waals surface area contributed by atoms with Crippen LogP contribution in [-0.2, 0) is 0 Å². The Kier molecular flexibility index (Phi) is 6.94. The van der Waals surface area contributed by atoms with Crippen LogP contribution in [0.5, 0.6) is 0 Å². The lowest BCUT2D eigenvalue weighted by Gasteiger charge is -2.05. The fourth-order valence-corrected chi connectivity index (χ4v) is 1.93. The summed E-state index contributed by atoms with van der Waals surface area (Å²) in [5.41, 5.74) is 0.351. The summed E-state index contributed by atoms with van der Waals surface area (Å²) in [6.45, 7) is 2.82. The summed E-state index contributed by atoms with van der Waals surface area (Å²) in [6.07, 6.45) is -0.785. The van der Waals surface area contributed by atoms with Crippen molar-refractivity contribution in [2.45, 2.75) is 20.0 Å². The number of halogens is 4. The summed E-state index contributed by atoms with van der Waals surface area (Å²) >= 11 is 11.0. The second-order valence-corrected chi connectivity index (χ2v) is 5.40. The Bertz CT molecular complexity index is 673. The highest BCUT2D eigenvalue weighted by Crippen LogP contribution is 2.19. The number of Topliss-reactive ketones (excluding diaryl/α,β-unsaturated/α-hetero) is 1. The number of aliphatic hydroxyl groups excluding tert-OH is 1. The number of benzene rings is 2. The topological polar surface area (TPSA) is 37.3 Å². The molecule has 2 aromatic carbocycles. The van der Waals surface area contributed by atoms with Crippen LogP contribution in [0.4, 0.5) is 8.78 Å². The van der Waals surface area contributed by atoms with Crippen LogP contribution in [0.1, 0.15) is 35.9 Å². The van der Waals surface area contributed by atoms with Gasteiger partial charge in [0.15, 0.2) is 5.78 Å². The third kappa shape index (κ3) is 5.37. The van der Waals surface area contributed by atoms with Gasteiger partial charge in [-0.05, 0) is 44.2 Å². The van der Waals surface area contributed by atoms with Crippen LogP contribution in [-0.4, -0.2) is 10.9 Å². The summed E-state index contributed by atoms with van der Waals surface area (Å²) in [5, 5.41) is 9.65. The molecule has 1 atom stereocenters. The van der Waals surface area contributed by atoms with Crippen molar-refractivity contribution in [3.8, 4) is 0 Å². The average Bonchev–Trinajstić information content (AvgIpc) is 2.38. The molecule has 0 fully saturated rings. The molecule has 0 saturated carbocycles. The summed E-state index contributed by atoms with van der Waals surface area (Å²) < 4.78 is 25.7. The van der Waals surface area contributed by atoms with Crippen LogP contribution >= 0.6 is 23.2 Å². The summed E-state index contributed by atoms with van der Waals surface area (Å²) in [6, 6.07) is 8.19. The zero-order chi connectivity index (χ0) is 16.9. The van der Waals surface area contributed by atoms with E-state index in [9.17, 15) is 13.6 Å². The lowest BCUT2D eigenvalue weighted by molar-refractivity contribution is 0.101. The molecule has 0 aliphatic carbocycles. The zero-order valence-corrected chi connectivity index (χ0v) is 13.4. The fourth-order valence-electron chi connectivity index (χ4n) is 1.62. The molecule has 6 heteroatoms. The van der Waals surface area contributed by atoms with E-state index in [1.165, 1.54) is 38.1 Å². The van der Waals surface area contributed by atoms with Gasteiger partial charge >= 0.3 is 0 Å². The van der Waals surface area contributed by atoms with E-state index in [-0.39, 0.29) is 16.9 Å². The lowest BCUT2D eigenvalue weighted by Crippen LogP contribution is -1.95. The highest BCUT2D eigenvalue weighted by Gasteiger charge is 2.07. The Morgan fingerprint density at radius 2 is 1.55 bits per heavy atom. The molecule has 0 aromatic heterocycles. The van der Waals surface area contributed by atoms with Crippen LogP contribution < -0.4 is 0 Å².